The third kappa shape index (κ3) is 4.12. The molecule has 0 heterocycles. The molecule has 15 heavy (non-hydrogen) atoms. The van der Waals surface area contributed by atoms with E-state index in [0.29, 0.717) is 6.04 Å². The lowest BCUT2D eigenvalue weighted by atomic mass is 9.96. The number of rotatable bonds is 7. The molecule has 0 unspecified atom stereocenters. The Morgan fingerprint density at radius 1 is 1.27 bits per heavy atom. The Morgan fingerprint density at radius 3 is 2.13 bits per heavy atom. The predicted octanol–water partition coefficient (Wildman–Crippen LogP) is 2.66. The van der Waals surface area contributed by atoms with Gasteiger partial charge in [-0.3, -0.25) is 4.90 Å². The molecule has 0 saturated heterocycles. The monoisotopic (exact) mass is 213 g/mol. The maximum absolute atomic E-state index is 10.3. The van der Waals surface area contributed by atoms with Gasteiger partial charge in [-0.1, -0.05) is 13.8 Å². The summed E-state index contributed by atoms with van der Waals surface area (Å²) in [6.07, 6.45) is 4.49. The quantitative estimate of drug-likeness (QED) is 0.703. The van der Waals surface area contributed by atoms with Crippen molar-refractivity contribution in [3.8, 4) is 0 Å². The van der Waals surface area contributed by atoms with E-state index in [1.165, 1.54) is 19.4 Å². The third-order valence-corrected chi connectivity index (χ3v) is 3.73. The van der Waals surface area contributed by atoms with Crippen LogP contribution < -0.4 is 0 Å². The van der Waals surface area contributed by atoms with Crippen molar-refractivity contribution >= 4 is 0 Å². The van der Waals surface area contributed by atoms with Crippen LogP contribution in [0.5, 0.6) is 0 Å². The average molecular weight is 213 g/mol. The van der Waals surface area contributed by atoms with Gasteiger partial charge < -0.3 is 5.11 Å². The second kappa shape index (κ2) is 5.31. The zero-order valence-electron chi connectivity index (χ0n) is 10.8. The molecule has 90 valence electrons. The van der Waals surface area contributed by atoms with E-state index in [9.17, 15) is 5.11 Å². The van der Waals surface area contributed by atoms with Crippen LogP contribution in [0, 0.1) is 5.92 Å². The molecule has 0 atom stereocenters. The number of aliphatic hydroxyl groups is 1. The van der Waals surface area contributed by atoms with Crippen molar-refractivity contribution in [1.82, 2.24) is 4.90 Å². The van der Waals surface area contributed by atoms with Crippen LogP contribution in [0.4, 0.5) is 0 Å². The summed E-state index contributed by atoms with van der Waals surface area (Å²) < 4.78 is 0. The van der Waals surface area contributed by atoms with E-state index < -0.39 is 5.60 Å². The fourth-order valence-corrected chi connectivity index (χ4v) is 1.94. The zero-order valence-corrected chi connectivity index (χ0v) is 10.8. The predicted molar refractivity (Wildman–Crippen MR) is 65.0 cm³/mol. The van der Waals surface area contributed by atoms with Gasteiger partial charge in [0, 0.05) is 19.1 Å². The van der Waals surface area contributed by atoms with Gasteiger partial charge in [0.2, 0.25) is 0 Å². The molecule has 1 N–H and O–H groups in total. The lowest BCUT2D eigenvalue weighted by Crippen LogP contribution is -2.46. The second-order valence-corrected chi connectivity index (χ2v) is 5.40. The lowest BCUT2D eigenvalue weighted by Gasteiger charge is -2.35. The van der Waals surface area contributed by atoms with Crippen molar-refractivity contribution in [3.05, 3.63) is 0 Å². The zero-order chi connectivity index (χ0) is 11.5. The lowest BCUT2D eigenvalue weighted by molar-refractivity contribution is -0.0126. The van der Waals surface area contributed by atoms with Gasteiger partial charge in [0.15, 0.2) is 0 Å². The van der Waals surface area contributed by atoms with Crippen LogP contribution in [0.25, 0.3) is 0 Å². The fraction of sp³-hybridized carbons (Fsp3) is 1.00. The Morgan fingerprint density at radius 2 is 1.80 bits per heavy atom. The number of nitrogens with zero attached hydrogens (tertiary/aromatic N) is 1. The van der Waals surface area contributed by atoms with Crippen molar-refractivity contribution in [2.45, 2.75) is 65.0 Å². The van der Waals surface area contributed by atoms with Crippen LogP contribution in [-0.2, 0) is 0 Å². The van der Waals surface area contributed by atoms with Gasteiger partial charge in [0.25, 0.3) is 0 Å². The first kappa shape index (κ1) is 13.0. The smallest absolute Gasteiger partial charge is 0.0769 e. The molecule has 2 heteroatoms. The molecule has 0 bridgehead atoms. The number of hydrogen-bond donors (Lipinski definition) is 1. The van der Waals surface area contributed by atoms with Crippen LogP contribution in [0.3, 0.4) is 0 Å². The van der Waals surface area contributed by atoms with E-state index in [2.05, 4.69) is 32.6 Å². The minimum atomic E-state index is -0.473. The Labute approximate surface area is 94.7 Å². The highest BCUT2D eigenvalue weighted by molar-refractivity contribution is 4.85. The summed E-state index contributed by atoms with van der Waals surface area (Å²) in [6.45, 7) is 10.6. The van der Waals surface area contributed by atoms with Gasteiger partial charge in [-0.15, -0.1) is 0 Å². The summed E-state index contributed by atoms with van der Waals surface area (Å²) in [7, 11) is 0. The highest BCUT2D eigenvalue weighted by Crippen LogP contribution is 2.31. The fourth-order valence-electron chi connectivity index (χ4n) is 1.94. The molecule has 1 rings (SSSR count). The SMILES string of the molecule is CCC(O)(CC)CN(CC1CC1)C(C)C. The molecule has 0 aromatic rings. The normalized spacial score (nSPS) is 17.8. The standard InChI is InChI=1S/C13H27NO/c1-5-13(15,6-2)10-14(11(3)4)9-12-7-8-12/h11-12,15H,5-10H2,1-4H3. The van der Waals surface area contributed by atoms with Gasteiger partial charge in [-0.2, -0.15) is 0 Å². The highest BCUT2D eigenvalue weighted by atomic mass is 16.3. The van der Waals surface area contributed by atoms with Crippen LogP contribution in [0.15, 0.2) is 0 Å². The maximum atomic E-state index is 10.3. The van der Waals surface area contributed by atoms with E-state index in [1.54, 1.807) is 0 Å². The topological polar surface area (TPSA) is 23.5 Å². The Hall–Kier alpha value is -0.0800. The van der Waals surface area contributed by atoms with E-state index in [-0.39, 0.29) is 0 Å². The van der Waals surface area contributed by atoms with Crippen molar-refractivity contribution in [2.24, 2.45) is 5.92 Å². The summed E-state index contributed by atoms with van der Waals surface area (Å²) in [5.74, 6) is 0.908. The van der Waals surface area contributed by atoms with E-state index >= 15 is 0 Å². The third-order valence-electron chi connectivity index (χ3n) is 3.73. The van der Waals surface area contributed by atoms with Gasteiger partial charge in [0.05, 0.1) is 5.60 Å². The largest absolute Gasteiger partial charge is 0.389 e. The molecule has 0 aliphatic heterocycles. The molecule has 0 spiro atoms. The van der Waals surface area contributed by atoms with Gasteiger partial charge in [0.1, 0.15) is 0 Å². The minimum Gasteiger partial charge on any atom is -0.389 e. The van der Waals surface area contributed by atoms with Crippen LogP contribution >= 0.6 is 0 Å². The molecule has 1 aliphatic rings. The highest BCUT2D eigenvalue weighted by Gasteiger charge is 2.31. The molecule has 0 aromatic heterocycles. The number of hydrogen-bond acceptors (Lipinski definition) is 2. The molecular formula is C13H27NO. The molecular weight excluding hydrogens is 186 g/mol. The maximum Gasteiger partial charge on any atom is 0.0769 e. The summed E-state index contributed by atoms with van der Waals surface area (Å²) in [5.41, 5.74) is -0.473. The van der Waals surface area contributed by atoms with Gasteiger partial charge in [-0.05, 0) is 45.4 Å². The average Bonchev–Trinajstić information content (AvgIpc) is 3.00. The van der Waals surface area contributed by atoms with Gasteiger partial charge in [-0.25, -0.2) is 0 Å². The Bertz CT molecular complexity index is 183. The molecule has 0 amide bonds. The summed E-state index contributed by atoms with van der Waals surface area (Å²) in [5, 5.41) is 10.3. The van der Waals surface area contributed by atoms with Crippen molar-refractivity contribution in [1.29, 1.82) is 0 Å². The molecule has 1 fully saturated rings. The second-order valence-electron chi connectivity index (χ2n) is 5.40. The van der Waals surface area contributed by atoms with Crippen LogP contribution in [0.2, 0.25) is 0 Å². The molecule has 0 radical (unpaired) electrons. The summed E-state index contributed by atoms with van der Waals surface area (Å²) in [6, 6.07) is 0.551. The Kier molecular flexibility index (Phi) is 4.60. The minimum absolute atomic E-state index is 0.473. The summed E-state index contributed by atoms with van der Waals surface area (Å²) >= 11 is 0. The molecule has 1 aliphatic carbocycles. The first-order valence-corrected chi connectivity index (χ1v) is 6.47. The van der Waals surface area contributed by atoms with E-state index in [1.807, 2.05) is 0 Å². The van der Waals surface area contributed by atoms with Gasteiger partial charge >= 0.3 is 0 Å². The van der Waals surface area contributed by atoms with E-state index in [0.717, 1.165) is 25.3 Å². The first-order chi connectivity index (χ1) is 7.00. The van der Waals surface area contributed by atoms with Crippen molar-refractivity contribution in [3.63, 3.8) is 0 Å². The summed E-state index contributed by atoms with van der Waals surface area (Å²) in [4.78, 5) is 2.45. The Balaban J connectivity index is 2.47. The molecule has 1 saturated carbocycles. The molecule has 0 aromatic carbocycles. The van der Waals surface area contributed by atoms with Crippen LogP contribution in [-0.4, -0.2) is 34.7 Å². The molecule has 2 nitrogen and oxygen atoms in total. The first-order valence-electron chi connectivity index (χ1n) is 6.47. The van der Waals surface area contributed by atoms with Crippen LogP contribution in [0.1, 0.15) is 53.4 Å². The van der Waals surface area contributed by atoms with E-state index in [4.69, 9.17) is 0 Å². The van der Waals surface area contributed by atoms with Crippen molar-refractivity contribution in [2.75, 3.05) is 13.1 Å². The van der Waals surface area contributed by atoms with Crippen molar-refractivity contribution < 1.29 is 5.11 Å².